The minimum absolute atomic E-state index is 0.344. The number of amides is 1. The van der Waals surface area contributed by atoms with Crippen molar-refractivity contribution in [2.45, 2.75) is 6.92 Å². The van der Waals surface area contributed by atoms with Crippen molar-refractivity contribution < 1.29 is 9.18 Å². The fraction of sp³-hybridized carbons (Fsp3) is 0.100. The van der Waals surface area contributed by atoms with Crippen LogP contribution in [0.4, 0.5) is 4.39 Å². The second-order valence-electron chi connectivity index (χ2n) is 3.29. The van der Waals surface area contributed by atoms with Gasteiger partial charge in [-0.15, -0.1) is 0 Å². The largest absolute Gasteiger partial charge is 0.350 e. The third-order valence-electron chi connectivity index (χ3n) is 2.38. The van der Waals surface area contributed by atoms with E-state index in [2.05, 4.69) is 4.98 Å². The lowest BCUT2D eigenvalue weighted by atomic mass is 10.1. The molecule has 1 amide bonds. The minimum atomic E-state index is -0.413. The number of hydrazine groups is 1. The number of carbonyl (C=O) groups excluding carboxylic acids is 1. The quantitative estimate of drug-likeness (QED) is 0.374. The molecule has 5 heteroatoms. The number of halogens is 1. The Balaban J connectivity index is 2.69. The number of nitrogens with two attached hydrogens (primary N) is 1. The van der Waals surface area contributed by atoms with Crippen molar-refractivity contribution in [2.24, 2.45) is 5.84 Å². The normalized spacial score (nSPS) is 10.6. The van der Waals surface area contributed by atoms with Crippen molar-refractivity contribution in [3.05, 3.63) is 35.3 Å². The molecule has 1 heterocycles. The zero-order valence-corrected chi connectivity index (χ0v) is 8.10. The number of nitrogens with one attached hydrogen (secondary N) is 2. The predicted molar refractivity (Wildman–Crippen MR) is 54.6 cm³/mol. The Bertz CT molecular complexity index is 533. The van der Waals surface area contributed by atoms with Gasteiger partial charge in [-0.05, 0) is 30.7 Å². The average molecular weight is 207 g/mol. The lowest BCUT2D eigenvalue weighted by Gasteiger charge is -1.96. The van der Waals surface area contributed by atoms with Gasteiger partial charge in [0.1, 0.15) is 11.5 Å². The summed E-state index contributed by atoms with van der Waals surface area (Å²) in [6.07, 6.45) is 0. The van der Waals surface area contributed by atoms with Crippen LogP contribution in [-0.2, 0) is 0 Å². The summed E-state index contributed by atoms with van der Waals surface area (Å²) in [4.78, 5) is 14.2. The van der Waals surface area contributed by atoms with Crippen molar-refractivity contribution in [1.29, 1.82) is 0 Å². The van der Waals surface area contributed by atoms with E-state index in [1.807, 2.05) is 5.43 Å². The number of carbonyl (C=O) groups is 1. The first-order valence-electron chi connectivity index (χ1n) is 4.42. The molecule has 0 aliphatic heterocycles. The molecule has 0 saturated carbocycles. The van der Waals surface area contributed by atoms with Gasteiger partial charge in [-0.25, -0.2) is 10.2 Å². The summed E-state index contributed by atoms with van der Waals surface area (Å²) < 4.78 is 12.9. The Morgan fingerprint density at radius 3 is 2.93 bits per heavy atom. The van der Waals surface area contributed by atoms with Gasteiger partial charge in [0, 0.05) is 10.9 Å². The molecule has 2 rings (SSSR count). The summed E-state index contributed by atoms with van der Waals surface area (Å²) in [5.41, 5.74) is 3.74. The van der Waals surface area contributed by atoms with Gasteiger partial charge >= 0.3 is 0 Å². The molecule has 15 heavy (non-hydrogen) atoms. The lowest BCUT2D eigenvalue weighted by molar-refractivity contribution is 0.0949. The van der Waals surface area contributed by atoms with Crippen molar-refractivity contribution in [3.63, 3.8) is 0 Å². The maximum Gasteiger partial charge on any atom is 0.281 e. The third-order valence-corrected chi connectivity index (χ3v) is 2.38. The highest BCUT2D eigenvalue weighted by molar-refractivity contribution is 6.00. The highest BCUT2D eigenvalue weighted by Crippen LogP contribution is 2.22. The number of hydrogen-bond acceptors (Lipinski definition) is 2. The first-order valence-corrected chi connectivity index (χ1v) is 4.42. The number of H-pyrrole nitrogens is 1. The molecule has 0 radical (unpaired) electrons. The van der Waals surface area contributed by atoms with Crippen LogP contribution >= 0.6 is 0 Å². The van der Waals surface area contributed by atoms with Crippen molar-refractivity contribution in [1.82, 2.24) is 10.4 Å². The number of rotatable bonds is 1. The third kappa shape index (κ3) is 1.46. The van der Waals surface area contributed by atoms with Crippen molar-refractivity contribution in [2.75, 3.05) is 0 Å². The molecule has 0 spiro atoms. The molecular weight excluding hydrogens is 197 g/mol. The zero-order valence-electron chi connectivity index (χ0n) is 8.10. The van der Waals surface area contributed by atoms with Gasteiger partial charge in [0.15, 0.2) is 0 Å². The van der Waals surface area contributed by atoms with Gasteiger partial charge < -0.3 is 4.98 Å². The highest BCUT2D eigenvalue weighted by Gasteiger charge is 2.13. The van der Waals surface area contributed by atoms with Gasteiger partial charge in [0.25, 0.3) is 5.91 Å². The SMILES string of the molecule is Cc1c(C(=O)NN)[nH]c2cc(F)ccc12. The van der Waals surface area contributed by atoms with Crippen LogP contribution in [0.3, 0.4) is 0 Å². The molecule has 1 aromatic carbocycles. The molecule has 1 aromatic heterocycles. The number of aryl methyl sites for hydroxylation is 1. The Labute approximate surface area is 85.2 Å². The smallest absolute Gasteiger partial charge is 0.281 e. The first kappa shape index (κ1) is 9.67. The molecule has 0 fully saturated rings. The molecule has 0 unspecified atom stereocenters. The van der Waals surface area contributed by atoms with E-state index < -0.39 is 5.91 Å². The standard InChI is InChI=1S/C10H10FN3O/c1-5-7-3-2-6(11)4-8(7)13-9(5)10(15)14-12/h2-4,13H,12H2,1H3,(H,14,15). The van der Waals surface area contributed by atoms with Gasteiger partial charge in [-0.2, -0.15) is 0 Å². The second-order valence-corrected chi connectivity index (χ2v) is 3.29. The second kappa shape index (κ2) is 3.36. The molecule has 4 nitrogen and oxygen atoms in total. The van der Waals surface area contributed by atoms with E-state index in [9.17, 15) is 9.18 Å². The highest BCUT2D eigenvalue weighted by atomic mass is 19.1. The maximum atomic E-state index is 12.9. The fourth-order valence-corrected chi connectivity index (χ4v) is 1.61. The maximum absolute atomic E-state index is 12.9. The Hall–Kier alpha value is -1.88. The topological polar surface area (TPSA) is 70.9 Å². The van der Waals surface area contributed by atoms with Crippen molar-refractivity contribution >= 4 is 16.8 Å². The van der Waals surface area contributed by atoms with E-state index in [0.29, 0.717) is 11.2 Å². The summed E-state index contributed by atoms with van der Waals surface area (Å²) >= 11 is 0. The number of hydrogen-bond donors (Lipinski definition) is 3. The predicted octanol–water partition coefficient (Wildman–Crippen LogP) is 1.22. The van der Waals surface area contributed by atoms with E-state index in [1.165, 1.54) is 12.1 Å². The molecule has 0 aliphatic rings. The zero-order chi connectivity index (χ0) is 11.0. The van der Waals surface area contributed by atoms with E-state index >= 15 is 0 Å². The van der Waals surface area contributed by atoms with E-state index in [4.69, 9.17) is 5.84 Å². The van der Waals surface area contributed by atoms with Crippen LogP contribution in [0.25, 0.3) is 10.9 Å². The molecule has 4 N–H and O–H groups in total. The first-order chi connectivity index (χ1) is 7.13. The van der Waals surface area contributed by atoms with Crippen LogP contribution in [0, 0.1) is 12.7 Å². The molecule has 0 bridgehead atoms. The van der Waals surface area contributed by atoms with Gasteiger partial charge in [0.05, 0.1) is 0 Å². The fourth-order valence-electron chi connectivity index (χ4n) is 1.61. The number of nitrogen functional groups attached to an aromatic ring is 1. The summed E-state index contributed by atoms with van der Waals surface area (Å²) in [5.74, 6) is 4.27. The molecule has 0 saturated heterocycles. The molecule has 0 aliphatic carbocycles. The van der Waals surface area contributed by atoms with Gasteiger partial charge in [-0.3, -0.25) is 10.2 Å². The number of benzene rings is 1. The Morgan fingerprint density at radius 1 is 1.53 bits per heavy atom. The Morgan fingerprint density at radius 2 is 2.27 bits per heavy atom. The van der Waals surface area contributed by atoms with E-state index in [1.54, 1.807) is 13.0 Å². The van der Waals surface area contributed by atoms with Crippen LogP contribution in [0.1, 0.15) is 16.1 Å². The molecule has 0 atom stereocenters. The van der Waals surface area contributed by atoms with Crippen LogP contribution in [0.2, 0.25) is 0 Å². The molecular formula is C10H10FN3O. The summed E-state index contributed by atoms with van der Waals surface area (Å²) in [5, 5.41) is 0.815. The number of aromatic amines is 1. The number of aromatic nitrogens is 1. The van der Waals surface area contributed by atoms with Crippen molar-refractivity contribution in [3.8, 4) is 0 Å². The number of fused-ring (bicyclic) bond motifs is 1. The van der Waals surface area contributed by atoms with Crippen LogP contribution in [-0.4, -0.2) is 10.9 Å². The van der Waals surface area contributed by atoms with E-state index in [0.717, 1.165) is 10.9 Å². The monoisotopic (exact) mass is 207 g/mol. The minimum Gasteiger partial charge on any atom is -0.350 e. The summed E-state index contributed by atoms with van der Waals surface area (Å²) in [6.45, 7) is 1.78. The average Bonchev–Trinajstić information content (AvgIpc) is 2.54. The van der Waals surface area contributed by atoms with Crippen LogP contribution < -0.4 is 11.3 Å². The Kier molecular flexibility index (Phi) is 2.17. The molecule has 2 aromatic rings. The summed E-state index contributed by atoms with van der Waals surface area (Å²) in [6, 6.07) is 4.33. The van der Waals surface area contributed by atoms with Gasteiger partial charge in [0.2, 0.25) is 0 Å². The van der Waals surface area contributed by atoms with Crippen LogP contribution in [0.5, 0.6) is 0 Å². The van der Waals surface area contributed by atoms with E-state index in [-0.39, 0.29) is 5.82 Å². The lowest BCUT2D eigenvalue weighted by Crippen LogP contribution is -2.30. The van der Waals surface area contributed by atoms with Crippen LogP contribution in [0.15, 0.2) is 18.2 Å². The molecule has 78 valence electrons. The van der Waals surface area contributed by atoms with Gasteiger partial charge in [-0.1, -0.05) is 0 Å². The summed E-state index contributed by atoms with van der Waals surface area (Å²) in [7, 11) is 0.